The summed E-state index contributed by atoms with van der Waals surface area (Å²) in [7, 11) is 0. The SMILES string of the molecule is N#C[C@@H](N)c1c(Cl)cccc1Cl. The minimum absolute atomic E-state index is 0.427. The van der Waals surface area contributed by atoms with Crippen LogP contribution in [0.25, 0.3) is 0 Å². The largest absolute Gasteiger partial charge is 0.312 e. The third kappa shape index (κ3) is 1.70. The Morgan fingerprint density at radius 1 is 1.33 bits per heavy atom. The van der Waals surface area contributed by atoms with Gasteiger partial charge in [-0.25, -0.2) is 0 Å². The Hall–Kier alpha value is -0.750. The lowest BCUT2D eigenvalue weighted by Gasteiger charge is -2.07. The summed E-state index contributed by atoms with van der Waals surface area (Å²) in [4.78, 5) is 0. The van der Waals surface area contributed by atoms with Crippen LogP contribution < -0.4 is 5.73 Å². The molecule has 0 aliphatic rings. The van der Waals surface area contributed by atoms with Gasteiger partial charge in [-0.05, 0) is 12.1 Å². The van der Waals surface area contributed by atoms with Crippen molar-refractivity contribution < 1.29 is 0 Å². The van der Waals surface area contributed by atoms with Gasteiger partial charge in [-0.2, -0.15) is 5.26 Å². The van der Waals surface area contributed by atoms with Crippen LogP contribution in [0.5, 0.6) is 0 Å². The van der Waals surface area contributed by atoms with E-state index < -0.39 is 6.04 Å². The van der Waals surface area contributed by atoms with Gasteiger partial charge in [0.15, 0.2) is 0 Å². The second-order valence-corrected chi connectivity index (χ2v) is 3.06. The van der Waals surface area contributed by atoms with Crippen LogP contribution in [0, 0.1) is 11.3 Å². The monoisotopic (exact) mass is 200 g/mol. The molecule has 2 nitrogen and oxygen atoms in total. The third-order valence-corrected chi connectivity index (χ3v) is 2.11. The molecule has 1 aromatic rings. The average Bonchev–Trinajstić information content (AvgIpc) is 2.03. The molecule has 0 radical (unpaired) electrons. The molecule has 4 heteroatoms. The molecule has 0 spiro atoms. The first-order chi connectivity index (χ1) is 5.66. The van der Waals surface area contributed by atoms with Crippen molar-refractivity contribution >= 4 is 23.2 Å². The lowest BCUT2D eigenvalue weighted by atomic mass is 10.1. The van der Waals surface area contributed by atoms with Crippen molar-refractivity contribution in [2.45, 2.75) is 6.04 Å². The second kappa shape index (κ2) is 3.77. The van der Waals surface area contributed by atoms with Crippen LogP contribution in [0.4, 0.5) is 0 Å². The fourth-order valence-corrected chi connectivity index (χ4v) is 1.50. The minimum Gasteiger partial charge on any atom is -0.312 e. The zero-order valence-electron chi connectivity index (χ0n) is 6.09. The fraction of sp³-hybridized carbons (Fsp3) is 0.125. The topological polar surface area (TPSA) is 49.8 Å². The molecule has 0 fully saturated rings. The summed E-state index contributed by atoms with van der Waals surface area (Å²) in [5, 5.41) is 9.40. The van der Waals surface area contributed by atoms with E-state index in [1.165, 1.54) is 0 Å². The smallest absolute Gasteiger partial charge is 0.121 e. The Morgan fingerprint density at radius 2 is 1.83 bits per heavy atom. The molecule has 0 aliphatic heterocycles. The summed E-state index contributed by atoms with van der Waals surface area (Å²) in [6.45, 7) is 0. The van der Waals surface area contributed by atoms with Gasteiger partial charge in [-0.15, -0.1) is 0 Å². The van der Waals surface area contributed by atoms with Crippen LogP contribution in [-0.2, 0) is 0 Å². The standard InChI is InChI=1S/C8H6Cl2N2/c9-5-2-1-3-6(10)8(5)7(12)4-11/h1-3,7H,12H2/t7-/m1/s1. The van der Waals surface area contributed by atoms with Crippen LogP contribution in [-0.4, -0.2) is 0 Å². The number of hydrogen-bond donors (Lipinski definition) is 1. The summed E-state index contributed by atoms with van der Waals surface area (Å²) in [6.07, 6.45) is 0. The van der Waals surface area contributed by atoms with Gasteiger partial charge in [0.1, 0.15) is 6.04 Å². The summed E-state index contributed by atoms with van der Waals surface area (Å²) >= 11 is 11.6. The number of hydrogen-bond acceptors (Lipinski definition) is 2. The number of halogens is 2. The highest BCUT2D eigenvalue weighted by Gasteiger charge is 2.12. The molecule has 0 aromatic heterocycles. The summed E-state index contributed by atoms with van der Waals surface area (Å²) in [5.74, 6) is 0. The molecule has 1 atom stereocenters. The predicted octanol–water partition coefficient (Wildman–Crippen LogP) is 2.52. The first-order valence-corrected chi connectivity index (χ1v) is 4.01. The van der Waals surface area contributed by atoms with E-state index in [1.807, 2.05) is 6.07 Å². The maximum atomic E-state index is 8.54. The lowest BCUT2D eigenvalue weighted by Crippen LogP contribution is -2.08. The van der Waals surface area contributed by atoms with Gasteiger partial charge in [0.25, 0.3) is 0 Å². The maximum absolute atomic E-state index is 8.54. The molecule has 0 saturated carbocycles. The van der Waals surface area contributed by atoms with Gasteiger partial charge in [0.05, 0.1) is 6.07 Å². The van der Waals surface area contributed by atoms with E-state index in [0.29, 0.717) is 15.6 Å². The maximum Gasteiger partial charge on any atom is 0.121 e. The van der Waals surface area contributed by atoms with Gasteiger partial charge in [-0.1, -0.05) is 29.3 Å². The van der Waals surface area contributed by atoms with Gasteiger partial charge in [0, 0.05) is 15.6 Å². The van der Waals surface area contributed by atoms with Gasteiger partial charge in [-0.3, -0.25) is 0 Å². The molecule has 0 unspecified atom stereocenters. The Balaban J connectivity index is 3.23. The number of nitrogens with zero attached hydrogens (tertiary/aromatic N) is 1. The molecule has 1 aromatic carbocycles. The van der Waals surface area contributed by atoms with Crippen molar-refractivity contribution in [2.24, 2.45) is 5.73 Å². The molecule has 0 heterocycles. The van der Waals surface area contributed by atoms with Crippen molar-refractivity contribution in [3.8, 4) is 6.07 Å². The van der Waals surface area contributed by atoms with Gasteiger partial charge >= 0.3 is 0 Å². The summed E-state index contributed by atoms with van der Waals surface area (Å²) in [5.41, 5.74) is 5.96. The van der Waals surface area contributed by atoms with Crippen LogP contribution in [0.1, 0.15) is 11.6 Å². The zero-order chi connectivity index (χ0) is 9.14. The fourth-order valence-electron chi connectivity index (χ4n) is 0.872. The molecule has 0 amide bonds. The Bertz CT molecular complexity index is 310. The molecule has 0 bridgehead atoms. The summed E-state index contributed by atoms with van der Waals surface area (Å²) in [6, 6.07) is 6.13. The molecule has 62 valence electrons. The van der Waals surface area contributed by atoms with Crippen molar-refractivity contribution in [2.75, 3.05) is 0 Å². The quantitative estimate of drug-likeness (QED) is 0.758. The van der Waals surface area contributed by atoms with Crippen molar-refractivity contribution in [1.82, 2.24) is 0 Å². The van der Waals surface area contributed by atoms with Gasteiger partial charge < -0.3 is 5.73 Å². The predicted molar refractivity (Wildman–Crippen MR) is 49.0 cm³/mol. The molecule has 0 saturated heterocycles. The average molecular weight is 201 g/mol. The van der Waals surface area contributed by atoms with Crippen molar-refractivity contribution in [3.05, 3.63) is 33.8 Å². The molecule has 12 heavy (non-hydrogen) atoms. The Labute approximate surface area is 80.5 Å². The van der Waals surface area contributed by atoms with E-state index in [1.54, 1.807) is 18.2 Å². The Kier molecular flexibility index (Phi) is 2.93. The highest BCUT2D eigenvalue weighted by molar-refractivity contribution is 6.36. The van der Waals surface area contributed by atoms with Crippen LogP contribution in [0.15, 0.2) is 18.2 Å². The third-order valence-electron chi connectivity index (χ3n) is 1.45. The molecule has 2 N–H and O–H groups in total. The van der Waals surface area contributed by atoms with Gasteiger partial charge in [0.2, 0.25) is 0 Å². The summed E-state index contributed by atoms with van der Waals surface area (Å²) < 4.78 is 0. The number of nitriles is 1. The Morgan fingerprint density at radius 3 is 2.25 bits per heavy atom. The molecular weight excluding hydrogens is 195 g/mol. The van der Waals surface area contributed by atoms with E-state index >= 15 is 0 Å². The first kappa shape index (κ1) is 9.34. The zero-order valence-corrected chi connectivity index (χ0v) is 7.60. The minimum atomic E-state index is -0.758. The van der Waals surface area contributed by atoms with E-state index in [9.17, 15) is 0 Å². The highest BCUT2D eigenvalue weighted by atomic mass is 35.5. The highest BCUT2D eigenvalue weighted by Crippen LogP contribution is 2.28. The molecule has 0 aliphatic carbocycles. The lowest BCUT2D eigenvalue weighted by molar-refractivity contribution is 0.927. The first-order valence-electron chi connectivity index (χ1n) is 3.26. The van der Waals surface area contributed by atoms with Crippen LogP contribution in [0.3, 0.4) is 0 Å². The van der Waals surface area contributed by atoms with E-state index in [4.69, 9.17) is 34.2 Å². The van der Waals surface area contributed by atoms with E-state index in [2.05, 4.69) is 0 Å². The number of nitrogens with two attached hydrogens (primary N) is 1. The second-order valence-electron chi connectivity index (χ2n) is 2.24. The normalized spacial score (nSPS) is 12.2. The molecular formula is C8H6Cl2N2. The number of benzene rings is 1. The van der Waals surface area contributed by atoms with Crippen LogP contribution >= 0.6 is 23.2 Å². The van der Waals surface area contributed by atoms with E-state index in [-0.39, 0.29) is 0 Å². The van der Waals surface area contributed by atoms with Crippen molar-refractivity contribution in [1.29, 1.82) is 5.26 Å². The van der Waals surface area contributed by atoms with Crippen LogP contribution in [0.2, 0.25) is 10.0 Å². The van der Waals surface area contributed by atoms with E-state index in [0.717, 1.165) is 0 Å². The van der Waals surface area contributed by atoms with Crippen molar-refractivity contribution in [3.63, 3.8) is 0 Å². The molecule has 1 rings (SSSR count). The number of rotatable bonds is 1.